The van der Waals surface area contributed by atoms with E-state index in [0.29, 0.717) is 5.69 Å². The Kier molecular flexibility index (Phi) is 4.16. The van der Waals surface area contributed by atoms with Gasteiger partial charge in [0.15, 0.2) is 0 Å². The number of hydrogen-bond donors (Lipinski definition) is 1. The average molecular weight is 294 g/mol. The number of nitro groups is 1. The van der Waals surface area contributed by atoms with Gasteiger partial charge in [-0.15, -0.1) is 0 Å². The molecule has 2 aromatic rings. The normalized spacial score (nSPS) is 10.1. The maximum Gasteiger partial charge on any atom is 0.288 e. The second kappa shape index (κ2) is 6.02. The topological polar surface area (TPSA) is 111 Å². The molecule has 1 amide bonds. The van der Waals surface area contributed by atoms with Crippen molar-refractivity contribution in [2.45, 2.75) is 6.54 Å². The zero-order chi connectivity index (χ0) is 14.5. The van der Waals surface area contributed by atoms with E-state index in [1.54, 1.807) is 12.1 Å². The summed E-state index contributed by atoms with van der Waals surface area (Å²) in [5, 5.41) is 20.5. The molecule has 9 heteroatoms. The molecule has 0 unspecified atom stereocenters. The van der Waals surface area contributed by atoms with Crippen LogP contribution in [0.25, 0.3) is 0 Å². The number of carbonyl (C=O) groups excluding carboxylic acids is 1. The Morgan fingerprint density at radius 1 is 1.50 bits per heavy atom. The van der Waals surface area contributed by atoms with Gasteiger partial charge in [0.05, 0.1) is 22.7 Å². The van der Waals surface area contributed by atoms with Crippen molar-refractivity contribution in [3.63, 3.8) is 0 Å². The lowest BCUT2D eigenvalue weighted by atomic mass is 10.2. The SMILES string of the molecule is O=C(NCc1cccnn1)c1cc([N+](=O)[O-])cnc1Cl. The van der Waals surface area contributed by atoms with Crippen molar-refractivity contribution < 1.29 is 9.72 Å². The smallest absolute Gasteiger partial charge is 0.288 e. The van der Waals surface area contributed by atoms with Crippen LogP contribution in [0.15, 0.2) is 30.6 Å². The van der Waals surface area contributed by atoms with E-state index in [2.05, 4.69) is 20.5 Å². The van der Waals surface area contributed by atoms with E-state index in [1.165, 1.54) is 6.20 Å². The van der Waals surface area contributed by atoms with Crippen molar-refractivity contribution in [3.8, 4) is 0 Å². The van der Waals surface area contributed by atoms with Crippen molar-refractivity contribution in [2.24, 2.45) is 0 Å². The Hall–Kier alpha value is -2.61. The molecule has 0 saturated heterocycles. The molecule has 2 heterocycles. The highest BCUT2D eigenvalue weighted by Crippen LogP contribution is 2.18. The maximum atomic E-state index is 11.9. The van der Waals surface area contributed by atoms with Gasteiger partial charge in [0, 0.05) is 12.3 Å². The number of carbonyl (C=O) groups is 1. The molecule has 1 N–H and O–H groups in total. The minimum atomic E-state index is -0.650. The number of nitrogens with one attached hydrogen (secondary N) is 1. The second-order valence-corrected chi connectivity index (χ2v) is 4.04. The van der Waals surface area contributed by atoms with Crippen molar-refractivity contribution in [1.29, 1.82) is 0 Å². The zero-order valence-electron chi connectivity index (χ0n) is 9.99. The van der Waals surface area contributed by atoms with E-state index < -0.39 is 10.8 Å². The lowest BCUT2D eigenvalue weighted by molar-refractivity contribution is -0.385. The zero-order valence-corrected chi connectivity index (χ0v) is 10.7. The quantitative estimate of drug-likeness (QED) is 0.517. The molecule has 2 aromatic heterocycles. The third-order valence-corrected chi connectivity index (χ3v) is 2.64. The van der Waals surface area contributed by atoms with Gasteiger partial charge in [-0.2, -0.15) is 10.2 Å². The first-order chi connectivity index (χ1) is 9.58. The van der Waals surface area contributed by atoms with E-state index in [0.717, 1.165) is 12.3 Å². The van der Waals surface area contributed by atoms with Gasteiger partial charge >= 0.3 is 0 Å². The highest BCUT2D eigenvalue weighted by molar-refractivity contribution is 6.32. The minimum absolute atomic E-state index is 0.0650. The molecule has 0 fully saturated rings. The Morgan fingerprint density at radius 2 is 2.30 bits per heavy atom. The standard InChI is InChI=1S/C11H8ClN5O3/c12-10-9(4-8(6-13-10)17(19)20)11(18)14-5-7-2-1-3-15-16-7/h1-4,6H,5H2,(H,14,18). The Morgan fingerprint density at radius 3 is 2.95 bits per heavy atom. The summed E-state index contributed by atoms with van der Waals surface area (Å²) in [6.45, 7) is 0.131. The van der Waals surface area contributed by atoms with Crippen LogP contribution in [0.4, 0.5) is 5.69 Å². The number of aromatic nitrogens is 3. The third kappa shape index (κ3) is 3.23. The van der Waals surface area contributed by atoms with Crippen molar-refractivity contribution >= 4 is 23.2 Å². The summed E-state index contributed by atoms with van der Waals surface area (Å²) < 4.78 is 0. The van der Waals surface area contributed by atoms with Crippen LogP contribution in [0.2, 0.25) is 5.15 Å². The van der Waals surface area contributed by atoms with Crippen LogP contribution in [0, 0.1) is 10.1 Å². The van der Waals surface area contributed by atoms with Crippen LogP contribution in [-0.4, -0.2) is 26.0 Å². The van der Waals surface area contributed by atoms with E-state index >= 15 is 0 Å². The third-order valence-electron chi connectivity index (χ3n) is 2.34. The number of hydrogen-bond acceptors (Lipinski definition) is 6. The predicted octanol–water partition coefficient (Wildman–Crippen LogP) is 1.36. The maximum absolute atomic E-state index is 11.9. The number of pyridine rings is 1. The van der Waals surface area contributed by atoms with Gasteiger partial charge in [0.2, 0.25) is 0 Å². The number of nitrogens with zero attached hydrogens (tertiary/aromatic N) is 4. The van der Waals surface area contributed by atoms with Crippen LogP contribution in [0.1, 0.15) is 16.1 Å². The Balaban J connectivity index is 2.13. The molecule has 20 heavy (non-hydrogen) atoms. The number of rotatable bonds is 4. The molecule has 102 valence electrons. The van der Waals surface area contributed by atoms with E-state index in [9.17, 15) is 14.9 Å². The van der Waals surface area contributed by atoms with Gasteiger partial charge in [0.25, 0.3) is 11.6 Å². The molecule has 0 aliphatic heterocycles. The fourth-order valence-corrected chi connectivity index (χ4v) is 1.58. The van der Waals surface area contributed by atoms with Crippen LogP contribution in [0.3, 0.4) is 0 Å². The molecule has 2 rings (SSSR count). The molecular weight excluding hydrogens is 286 g/mol. The number of halogens is 1. The van der Waals surface area contributed by atoms with Crippen molar-refractivity contribution in [1.82, 2.24) is 20.5 Å². The van der Waals surface area contributed by atoms with Gasteiger partial charge in [-0.25, -0.2) is 4.98 Å². The van der Waals surface area contributed by atoms with Gasteiger partial charge in [0.1, 0.15) is 11.3 Å². The first kappa shape index (κ1) is 13.8. The summed E-state index contributed by atoms with van der Waals surface area (Å²) >= 11 is 5.76. The largest absolute Gasteiger partial charge is 0.346 e. The fourth-order valence-electron chi connectivity index (χ4n) is 1.39. The Labute approximate surface area is 118 Å². The van der Waals surface area contributed by atoms with E-state index in [-0.39, 0.29) is 22.9 Å². The Bertz CT molecular complexity index is 650. The summed E-state index contributed by atoms with van der Waals surface area (Å²) in [5.74, 6) is -0.572. The van der Waals surface area contributed by atoms with Crippen molar-refractivity contribution in [3.05, 3.63) is 57.1 Å². The fraction of sp³-hybridized carbons (Fsp3) is 0.0909. The first-order valence-electron chi connectivity index (χ1n) is 5.42. The van der Waals surface area contributed by atoms with Gasteiger partial charge < -0.3 is 5.32 Å². The molecule has 0 bridgehead atoms. The highest BCUT2D eigenvalue weighted by atomic mass is 35.5. The molecule has 0 radical (unpaired) electrons. The van der Waals surface area contributed by atoms with Crippen molar-refractivity contribution in [2.75, 3.05) is 0 Å². The van der Waals surface area contributed by atoms with Gasteiger partial charge in [-0.05, 0) is 12.1 Å². The predicted molar refractivity (Wildman–Crippen MR) is 69.1 cm³/mol. The summed E-state index contributed by atoms with van der Waals surface area (Å²) in [7, 11) is 0. The summed E-state index contributed by atoms with van der Waals surface area (Å²) in [6.07, 6.45) is 2.49. The molecule has 0 atom stereocenters. The molecule has 0 aliphatic rings. The first-order valence-corrected chi connectivity index (χ1v) is 5.80. The van der Waals surface area contributed by atoms with E-state index in [1.807, 2.05) is 0 Å². The molecule has 0 spiro atoms. The van der Waals surface area contributed by atoms with Crippen LogP contribution in [-0.2, 0) is 6.54 Å². The number of amides is 1. The average Bonchev–Trinajstić information content (AvgIpc) is 2.46. The summed E-state index contributed by atoms with van der Waals surface area (Å²) in [5.41, 5.74) is 0.180. The van der Waals surface area contributed by atoms with Gasteiger partial charge in [-0.3, -0.25) is 14.9 Å². The van der Waals surface area contributed by atoms with Crippen LogP contribution in [0.5, 0.6) is 0 Å². The highest BCUT2D eigenvalue weighted by Gasteiger charge is 2.16. The lowest BCUT2D eigenvalue weighted by Crippen LogP contribution is -2.24. The molecule has 0 aliphatic carbocycles. The molecular formula is C11H8ClN5O3. The summed E-state index contributed by atoms with van der Waals surface area (Å²) in [6, 6.07) is 4.43. The minimum Gasteiger partial charge on any atom is -0.346 e. The molecule has 8 nitrogen and oxygen atoms in total. The van der Waals surface area contributed by atoms with E-state index in [4.69, 9.17) is 11.6 Å². The van der Waals surface area contributed by atoms with Crippen LogP contribution < -0.4 is 5.32 Å². The molecule has 0 aromatic carbocycles. The second-order valence-electron chi connectivity index (χ2n) is 3.69. The summed E-state index contributed by atoms with van der Waals surface area (Å²) in [4.78, 5) is 25.5. The van der Waals surface area contributed by atoms with Gasteiger partial charge in [-0.1, -0.05) is 11.6 Å². The van der Waals surface area contributed by atoms with Crippen LogP contribution >= 0.6 is 11.6 Å². The molecule has 0 saturated carbocycles. The monoisotopic (exact) mass is 293 g/mol. The lowest BCUT2D eigenvalue weighted by Gasteiger charge is -2.05.